The fourth-order valence-corrected chi connectivity index (χ4v) is 5.10. The molecule has 33 heavy (non-hydrogen) atoms. The molecule has 7 nitrogen and oxygen atoms in total. The van der Waals surface area contributed by atoms with Crippen molar-refractivity contribution < 1.29 is 23.7 Å². The Labute approximate surface area is 197 Å². The molecule has 1 N–H and O–H groups in total. The van der Waals surface area contributed by atoms with Gasteiger partial charge in [0.1, 0.15) is 28.0 Å². The molecule has 0 atom stereocenters. The number of nitrogens with zero attached hydrogens (tertiary/aromatic N) is 1. The average molecular weight is 467 g/mol. The van der Waals surface area contributed by atoms with Gasteiger partial charge < -0.3 is 24.3 Å². The number of methoxy groups -OCH3 is 4. The first kappa shape index (κ1) is 22.7. The van der Waals surface area contributed by atoms with E-state index < -0.39 is 0 Å². The summed E-state index contributed by atoms with van der Waals surface area (Å²) in [5, 5.41) is 3.67. The van der Waals surface area contributed by atoms with Crippen molar-refractivity contribution in [2.45, 2.75) is 19.3 Å². The largest absolute Gasteiger partial charge is 0.497 e. The van der Waals surface area contributed by atoms with Crippen LogP contribution in [0.5, 0.6) is 23.0 Å². The van der Waals surface area contributed by atoms with E-state index in [-0.39, 0.29) is 5.91 Å². The summed E-state index contributed by atoms with van der Waals surface area (Å²) in [6.45, 7) is 0. The first-order chi connectivity index (χ1) is 16.1. The lowest BCUT2D eigenvalue weighted by atomic mass is 10.1. The number of amides is 1. The van der Waals surface area contributed by atoms with Gasteiger partial charge in [0.25, 0.3) is 5.91 Å². The molecule has 3 aromatic rings. The van der Waals surface area contributed by atoms with E-state index in [9.17, 15) is 4.79 Å². The average Bonchev–Trinajstić information content (AvgIpc) is 3.43. The molecular formula is C25H26N2O5S. The van der Waals surface area contributed by atoms with Gasteiger partial charge in [-0.3, -0.25) is 4.79 Å². The molecule has 4 rings (SSSR count). The van der Waals surface area contributed by atoms with E-state index in [4.69, 9.17) is 23.9 Å². The van der Waals surface area contributed by atoms with Crippen molar-refractivity contribution in [2.24, 2.45) is 4.99 Å². The second-order valence-electron chi connectivity index (χ2n) is 7.42. The summed E-state index contributed by atoms with van der Waals surface area (Å²) >= 11 is 1.56. The zero-order valence-corrected chi connectivity index (χ0v) is 19.9. The van der Waals surface area contributed by atoms with E-state index in [2.05, 4.69) is 5.32 Å². The third kappa shape index (κ3) is 4.66. The molecule has 0 spiro atoms. The Bertz CT molecular complexity index is 1200. The van der Waals surface area contributed by atoms with Crippen LogP contribution < -0.4 is 24.3 Å². The van der Waals surface area contributed by atoms with E-state index in [0.29, 0.717) is 39.2 Å². The number of benzene rings is 2. The fraction of sp³-hybridized carbons (Fsp3) is 0.280. The Morgan fingerprint density at radius 1 is 0.939 bits per heavy atom. The van der Waals surface area contributed by atoms with Crippen LogP contribution in [0.1, 0.15) is 32.8 Å². The van der Waals surface area contributed by atoms with Crippen LogP contribution in [0.15, 0.2) is 41.4 Å². The van der Waals surface area contributed by atoms with Gasteiger partial charge in [-0.25, -0.2) is 4.99 Å². The lowest BCUT2D eigenvalue weighted by Crippen LogP contribution is -2.14. The molecule has 0 saturated carbocycles. The highest BCUT2D eigenvalue weighted by Crippen LogP contribution is 2.42. The maximum Gasteiger partial charge on any atom is 0.259 e. The Hall–Kier alpha value is -3.52. The second-order valence-corrected chi connectivity index (χ2v) is 8.51. The number of hydrogen-bond donors (Lipinski definition) is 1. The third-order valence-electron chi connectivity index (χ3n) is 5.54. The predicted octanol–water partition coefficient (Wildman–Crippen LogP) is 5.27. The van der Waals surface area contributed by atoms with E-state index in [1.807, 2.05) is 18.2 Å². The van der Waals surface area contributed by atoms with Crippen LogP contribution in [-0.4, -0.2) is 40.6 Å². The van der Waals surface area contributed by atoms with E-state index in [1.165, 1.54) is 4.88 Å². The van der Waals surface area contributed by atoms with Gasteiger partial charge in [0.15, 0.2) is 0 Å². The standard InChI is InChI=1S/C25H26N2O5S/c1-29-16-9-11-20(31-3)15(12-16)14-26-25-23(18-6-5-7-22(18)33-25)24(28)27-19-10-8-17(30-2)13-21(19)32-4/h8-14H,5-7H2,1-4H3,(H,27,28). The van der Waals surface area contributed by atoms with E-state index in [1.54, 1.807) is 64.2 Å². The zero-order chi connectivity index (χ0) is 23.4. The molecule has 1 heterocycles. The number of ether oxygens (including phenoxy) is 4. The van der Waals surface area contributed by atoms with Crippen LogP contribution in [0.25, 0.3) is 0 Å². The third-order valence-corrected chi connectivity index (χ3v) is 6.74. The van der Waals surface area contributed by atoms with Crippen LogP contribution in [0.3, 0.4) is 0 Å². The lowest BCUT2D eigenvalue weighted by molar-refractivity contribution is 0.102. The van der Waals surface area contributed by atoms with Gasteiger partial charge in [-0.1, -0.05) is 0 Å². The summed E-state index contributed by atoms with van der Waals surface area (Å²) in [5.41, 5.74) is 3.04. The number of nitrogens with one attached hydrogen (secondary N) is 1. The van der Waals surface area contributed by atoms with Crippen molar-refractivity contribution in [3.8, 4) is 23.0 Å². The molecule has 0 saturated heterocycles. The Morgan fingerprint density at radius 2 is 1.67 bits per heavy atom. The van der Waals surface area contributed by atoms with Gasteiger partial charge in [-0.2, -0.15) is 0 Å². The van der Waals surface area contributed by atoms with Crippen molar-refractivity contribution in [1.82, 2.24) is 0 Å². The molecule has 1 aromatic heterocycles. The summed E-state index contributed by atoms with van der Waals surface area (Å²) in [4.78, 5) is 19.3. The monoisotopic (exact) mass is 466 g/mol. The summed E-state index contributed by atoms with van der Waals surface area (Å²) in [5.74, 6) is 2.36. The molecule has 172 valence electrons. The quantitative estimate of drug-likeness (QED) is 0.457. The van der Waals surface area contributed by atoms with Crippen molar-refractivity contribution >= 4 is 34.1 Å². The van der Waals surface area contributed by atoms with Gasteiger partial charge in [0, 0.05) is 22.7 Å². The minimum Gasteiger partial charge on any atom is -0.497 e. The zero-order valence-electron chi connectivity index (χ0n) is 19.1. The summed E-state index contributed by atoms with van der Waals surface area (Å²) in [6.07, 6.45) is 4.59. The molecule has 0 bridgehead atoms. The molecule has 1 aliphatic carbocycles. The first-order valence-corrected chi connectivity index (χ1v) is 11.3. The van der Waals surface area contributed by atoms with Crippen LogP contribution in [0.2, 0.25) is 0 Å². The Morgan fingerprint density at radius 3 is 2.39 bits per heavy atom. The number of anilines is 1. The summed E-state index contributed by atoms with van der Waals surface area (Å²) in [6, 6.07) is 10.8. The molecular weight excluding hydrogens is 440 g/mol. The highest BCUT2D eigenvalue weighted by Gasteiger charge is 2.27. The number of hydrogen-bond acceptors (Lipinski definition) is 7. The number of rotatable bonds is 8. The van der Waals surface area contributed by atoms with Crippen LogP contribution in [0, 0.1) is 0 Å². The molecule has 0 radical (unpaired) electrons. The number of carbonyl (C=O) groups is 1. The van der Waals surface area contributed by atoms with Crippen molar-refractivity contribution in [2.75, 3.05) is 33.8 Å². The topological polar surface area (TPSA) is 78.4 Å². The van der Waals surface area contributed by atoms with E-state index >= 15 is 0 Å². The van der Waals surface area contributed by atoms with Gasteiger partial charge in [0.2, 0.25) is 0 Å². The number of carbonyl (C=O) groups excluding carboxylic acids is 1. The number of aliphatic imine (C=N–C) groups is 1. The van der Waals surface area contributed by atoms with Crippen LogP contribution in [-0.2, 0) is 12.8 Å². The minimum atomic E-state index is -0.206. The number of aryl methyl sites for hydroxylation is 1. The lowest BCUT2D eigenvalue weighted by Gasteiger charge is -2.12. The predicted molar refractivity (Wildman–Crippen MR) is 131 cm³/mol. The molecule has 0 aliphatic heterocycles. The van der Waals surface area contributed by atoms with Crippen molar-refractivity contribution in [1.29, 1.82) is 0 Å². The normalized spacial score (nSPS) is 12.5. The molecule has 8 heteroatoms. The van der Waals surface area contributed by atoms with Gasteiger partial charge in [-0.05, 0) is 55.2 Å². The Kier molecular flexibility index (Phi) is 6.84. The summed E-state index contributed by atoms with van der Waals surface area (Å²) < 4.78 is 21.5. The number of thiophene rings is 1. The first-order valence-electron chi connectivity index (χ1n) is 10.5. The maximum absolute atomic E-state index is 13.4. The van der Waals surface area contributed by atoms with Gasteiger partial charge >= 0.3 is 0 Å². The minimum absolute atomic E-state index is 0.206. The highest BCUT2D eigenvalue weighted by atomic mass is 32.1. The van der Waals surface area contributed by atoms with Crippen LogP contribution >= 0.6 is 11.3 Å². The highest BCUT2D eigenvalue weighted by molar-refractivity contribution is 7.16. The van der Waals surface area contributed by atoms with Crippen molar-refractivity contribution in [3.05, 3.63) is 58.0 Å². The molecule has 0 unspecified atom stereocenters. The number of fused-ring (bicyclic) bond motifs is 1. The van der Waals surface area contributed by atoms with Crippen molar-refractivity contribution in [3.63, 3.8) is 0 Å². The molecule has 0 fully saturated rings. The molecule has 1 aliphatic rings. The second kappa shape index (κ2) is 9.95. The fourth-order valence-electron chi connectivity index (χ4n) is 3.87. The van der Waals surface area contributed by atoms with Gasteiger partial charge in [0.05, 0.1) is 39.7 Å². The maximum atomic E-state index is 13.4. The smallest absolute Gasteiger partial charge is 0.259 e. The molecule has 2 aromatic carbocycles. The van der Waals surface area contributed by atoms with Crippen LogP contribution in [0.4, 0.5) is 10.7 Å². The van der Waals surface area contributed by atoms with E-state index in [0.717, 1.165) is 30.4 Å². The SMILES string of the molecule is COc1ccc(OC)c(C=Nc2sc3c(c2C(=O)Nc2ccc(OC)cc2OC)CCC3)c1. The Balaban J connectivity index is 1.68. The van der Waals surface area contributed by atoms with Gasteiger partial charge in [-0.15, -0.1) is 11.3 Å². The molecule has 1 amide bonds. The summed E-state index contributed by atoms with van der Waals surface area (Å²) in [7, 11) is 6.37.